The van der Waals surface area contributed by atoms with Crippen molar-refractivity contribution in [3.8, 4) is 11.1 Å². The molecule has 0 fully saturated rings. The first kappa shape index (κ1) is 16.6. The summed E-state index contributed by atoms with van der Waals surface area (Å²) in [6.07, 6.45) is 2.53. The highest BCUT2D eigenvalue weighted by Gasteiger charge is 2.06. The van der Waals surface area contributed by atoms with Crippen LogP contribution in [0.5, 0.6) is 0 Å². The second-order valence-corrected chi connectivity index (χ2v) is 5.62. The molecule has 2 aromatic rings. The van der Waals surface area contributed by atoms with Gasteiger partial charge in [-0.05, 0) is 35.2 Å². The first-order valence-corrected chi connectivity index (χ1v) is 7.66. The minimum absolute atomic E-state index is 0.222. The highest BCUT2D eigenvalue weighted by molar-refractivity contribution is 6.42. The van der Waals surface area contributed by atoms with E-state index in [4.69, 9.17) is 27.9 Å². The maximum Gasteiger partial charge on any atom is 0.306 e. The normalized spacial score (nSPS) is 10.3. The van der Waals surface area contributed by atoms with Gasteiger partial charge in [0.05, 0.1) is 10.0 Å². The average Bonchev–Trinajstić information content (AvgIpc) is 2.54. The van der Waals surface area contributed by atoms with Crippen molar-refractivity contribution in [1.82, 2.24) is 0 Å². The topological polar surface area (TPSA) is 26.3 Å². The van der Waals surface area contributed by atoms with Crippen molar-refractivity contribution in [2.75, 3.05) is 6.61 Å². The summed E-state index contributed by atoms with van der Waals surface area (Å²) in [4.78, 5) is 11.5. The van der Waals surface area contributed by atoms with Gasteiger partial charge in [0.2, 0.25) is 0 Å². The molecule has 2 rings (SSSR count). The van der Waals surface area contributed by atoms with E-state index in [0.717, 1.165) is 16.7 Å². The molecule has 2 aromatic carbocycles. The molecule has 0 aromatic heterocycles. The van der Waals surface area contributed by atoms with E-state index in [-0.39, 0.29) is 12.6 Å². The van der Waals surface area contributed by atoms with Gasteiger partial charge in [-0.25, -0.2) is 0 Å². The number of esters is 1. The monoisotopic (exact) mass is 334 g/mol. The summed E-state index contributed by atoms with van der Waals surface area (Å²) in [5, 5.41) is 1.06. The minimum atomic E-state index is -0.222. The SMILES string of the molecule is C=CCOC(=O)CCc1cccc(-c2ccc(Cl)c(Cl)c2)c1. The number of hydrogen-bond donors (Lipinski definition) is 0. The molecular weight excluding hydrogens is 319 g/mol. The van der Waals surface area contributed by atoms with Gasteiger partial charge in [0, 0.05) is 6.42 Å². The number of carbonyl (C=O) groups is 1. The maximum absolute atomic E-state index is 11.5. The molecule has 0 amide bonds. The summed E-state index contributed by atoms with van der Waals surface area (Å²) in [5.41, 5.74) is 3.10. The average molecular weight is 335 g/mol. The van der Waals surface area contributed by atoms with Crippen LogP contribution in [0, 0.1) is 0 Å². The summed E-state index contributed by atoms with van der Waals surface area (Å²) in [7, 11) is 0. The van der Waals surface area contributed by atoms with E-state index in [1.807, 2.05) is 36.4 Å². The predicted molar refractivity (Wildman–Crippen MR) is 91.4 cm³/mol. The molecule has 114 valence electrons. The summed E-state index contributed by atoms with van der Waals surface area (Å²) in [5.74, 6) is -0.222. The van der Waals surface area contributed by atoms with Crippen LogP contribution in [0.2, 0.25) is 10.0 Å². The minimum Gasteiger partial charge on any atom is -0.461 e. The second kappa shape index (κ2) is 8.02. The molecule has 0 aliphatic heterocycles. The highest BCUT2D eigenvalue weighted by atomic mass is 35.5. The zero-order valence-electron chi connectivity index (χ0n) is 12.0. The molecule has 0 aliphatic carbocycles. The quantitative estimate of drug-likeness (QED) is 0.527. The number of rotatable bonds is 6. The molecule has 0 saturated carbocycles. The number of aryl methyl sites for hydroxylation is 1. The maximum atomic E-state index is 11.5. The molecule has 0 spiro atoms. The van der Waals surface area contributed by atoms with Crippen LogP contribution in [0.1, 0.15) is 12.0 Å². The third kappa shape index (κ3) is 4.62. The van der Waals surface area contributed by atoms with Crippen molar-refractivity contribution in [3.05, 3.63) is 70.7 Å². The fourth-order valence-corrected chi connectivity index (χ4v) is 2.35. The molecular formula is C18H16Cl2O2. The Morgan fingerprint density at radius 2 is 1.86 bits per heavy atom. The molecule has 0 saturated heterocycles. The summed E-state index contributed by atoms with van der Waals surface area (Å²) in [6.45, 7) is 3.76. The molecule has 0 unspecified atom stereocenters. The Morgan fingerprint density at radius 1 is 1.09 bits per heavy atom. The molecule has 0 N–H and O–H groups in total. The molecule has 0 atom stereocenters. The summed E-state index contributed by atoms with van der Waals surface area (Å²) >= 11 is 12.0. The van der Waals surface area contributed by atoms with E-state index in [9.17, 15) is 4.79 Å². The first-order chi connectivity index (χ1) is 10.6. The molecule has 0 radical (unpaired) electrons. The fourth-order valence-electron chi connectivity index (χ4n) is 2.05. The Morgan fingerprint density at radius 3 is 2.59 bits per heavy atom. The number of benzene rings is 2. The van der Waals surface area contributed by atoms with Crippen molar-refractivity contribution in [1.29, 1.82) is 0 Å². The lowest BCUT2D eigenvalue weighted by molar-refractivity contribution is -0.142. The van der Waals surface area contributed by atoms with Crippen molar-refractivity contribution in [2.45, 2.75) is 12.8 Å². The van der Waals surface area contributed by atoms with Gasteiger partial charge in [0.1, 0.15) is 6.61 Å². The lowest BCUT2D eigenvalue weighted by Crippen LogP contribution is -2.05. The van der Waals surface area contributed by atoms with Crippen LogP contribution in [0.3, 0.4) is 0 Å². The zero-order valence-corrected chi connectivity index (χ0v) is 13.5. The number of ether oxygens (including phenoxy) is 1. The van der Waals surface area contributed by atoms with Gasteiger partial charge in [-0.3, -0.25) is 4.79 Å². The predicted octanol–water partition coefficient (Wildman–Crippen LogP) is 5.32. The fraction of sp³-hybridized carbons (Fsp3) is 0.167. The van der Waals surface area contributed by atoms with Gasteiger partial charge in [-0.1, -0.05) is 66.2 Å². The van der Waals surface area contributed by atoms with Crippen LogP contribution in [0.25, 0.3) is 11.1 Å². The number of halogens is 2. The van der Waals surface area contributed by atoms with Crippen LogP contribution >= 0.6 is 23.2 Å². The van der Waals surface area contributed by atoms with Crippen LogP contribution in [-0.2, 0) is 16.0 Å². The van der Waals surface area contributed by atoms with Crippen molar-refractivity contribution in [2.24, 2.45) is 0 Å². The molecule has 0 aliphatic rings. The Bertz CT molecular complexity index is 681. The van der Waals surface area contributed by atoms with Crippen molar-refractivity contribution in [3.63, 3.8) is 0 Å². The van der Waals surface area contributed by atoms with Gasteiger partial charge in [0.25, 0.3) is 0 Å². The smallest absolute Gasteiger partial charge is 0.306 e. The van der Waals surface area contributed by atoms with Gasteiger partial charge < -0.3 is 4.74 Å². The summed E-state index contributed by atoms with van der Waals surface area (Å²) in [6, 6.07) is 13.5. The van der Waals surface area contributed by atoms with E-state index < -0.39 is 0 Å². The Hall–Kier alpha value is -1.77. The largest absolute Gasteiger partial charge is 0.461 e. The molecule has 0 heterocycles. The van der Waals surface area contributed by atoms with E-state index in [1.54, 1.807) is 12.1 Å². The lowest BCUT2D eigenvalue weighted by atomic mass is 10.0. The van der Waals surface area contributed by atoms with Crippen LogP contribution in [-0.4, -0.2) is 12.6 Å². The third-order valence-corrected chi connectivity index (χ3v) is 3.90. The Labute approximate surface area is 140 Å². The van der Waals surface area contributed by atoms with Crippen LogP contribution in [0.4, 0.5) is 0 Å². The van der Waals surface area contributed by atoms with E-state index in [1.165, 1.54) is 0 Å². The number of carbonyl (C=O) groups excluding carboxylic acids is 1. The second-order valence-electron chi connectivity index (χ2n) is 4.80. The zero-order chi connectivity index (χ0) is 15.9. The van der Waals surface area contributed by atoms with Gasteiger partial charge in [-0.15, -0.1) is 0 Å². The van der Waals surface area contributed by atoms with Crippen molar-refractivity contribution < 1.29 is 9.53 Å². The van der Waals surface area contributed by atoms with Crippen LogP contribution < -0.4 is 0 Å². The molecule has 0 bridgehead atoms. The van der Waals surface area contributed by atoms with Gasteiger partial charge >= 0.3 is 5.97 Å². The Kier molecular flexibility index (Phi) is 6.05. The Balaban J connectivity index is 2.08. The first-order valence-electron chi connectivity index (χ1n) is 6.91. The molecule has 22 heavy (non-hydrogen) atoms. The highest BCUT2D eigenvalue weighted by Crippen LogP contribution is 2.29. The number of hydrogen-bond acceptors (Lipinski definition) is 2. The van der Waals surface area contributed by atoms with E-state index in [0.29, 0.717) is 22.9 Å². The van der Waals surface area contributed by atoms with Gasteiger partial charge in [0.15, 0.2) is 0 Å². The molecule has 2 nitrogen and oxygen atoms in total. The lowest BCUT2D eigenvalue weighted by Gasteiger charge is -2.07. The van der Waals surface area contributed by atoms with Crippen molar-refractivity contribution >= 4 is 29.2 Å². The van der Waals surface area contributed by atoms with E-state index >= 15 is 0 Å². The van der Waals surface area contributed by atoms with Gasteiger partial charge in [-0.2, -0.15) is 0 Å². The summed E-state index contributed by atoms with van der Waals surface area (Å²) < 4.78 is 4.97. The standard InChI is InChI=1S/C18H16Cl2O2/c1-2-10-22-18(21)9-6-13-4-3-5-14(11-13)15-7-8-16(19)17(20)12-15/h2-5,7-8,11-12H,1,6,9-10H2. The molecule has 4 heteroatoms. The van der Waals surface area contributed by atoms with E-state index in [2.05, 4.69) is 6.58 Å². The van der Waals surface area contributed by atoms with Crippen LogP contribution in [0.15, 0.2) is 55.1 Å². The third-order valence-electron chi connectivity index (χ3n) is 3.16.